The van der Waals surface area contributed by atoms with Crippen molar-refractivity contribution >= 4 is 59.3 Å². The van der Waals surface area contributed by atoms with E-state index in [0.29, 0.717) is 0 Å². The van der Waals surface area contributed by atoms with Crippen molar-refractivity contribution in [1.82, 2.24) is 0 Å². The third kappa shape index (κ3) is 6.27. The Hall–Kier alpha value is -7.52. The van der Waals surface area contributed by atoms with E-state index in [1.165, 1.54) is 92.1 Å². The molecule has 1 aliphatic carbocycles. The van der Waals surface area contributed by atoms with Crippen LogP contribution in [-0.2, 0) is 10.8 Å². The zero-order chi connectivity index (χ0) is 43.7. The summed E-state index contributed by atoms with van der Waals surface area (Å²) in [7, 11) is 0. The summed E-state index contributed by atoms with van der Waals surface area (Å²) in [6.07, 6.45) is 0. The fraction of sp³-hybridized carbons (Fsp3) is 0.0794. The standard InChI is InChI=1S/C63H47NS/c1-62(2,3)45-34-36-48(37-35-45)64(49-38-39-53-52-23-12-14-27-56(52)63(57(53)41-49,46-18-6-4-7-19-46)47-20-8-5-9-21-47)58-40-33-42-17-10-11-22-50(42)60(58)44-31-29-43(30-32-44)51-25-16-26-55-54-24-13-15-28-59(54)65-61(51)55/h4-41H,1-3H3. The molecule has 0 amide bonds. The van der Waals surface area contributed by atoms with E-state index < -0.39 is 5.41 Å². The van der Waals surface area contributed by atoms with Gasteiger partial charge in [0.25, 0.3) is 0 Å². The third-order valence-electron chi connectivity index (χ3n) is 13.7. The van der Waals surface area contributed by atoms with Crippen LogP contribution in [0.4, 0.5) is 17.1 Å². The lowest BCUT2D eigenvalue weighted by atomic mass is 9.67. The molecule has 65 heavy (non-hydrogen) atoms. The minimum absolute atomic E-state index is 0.0176. The maximum Gasteiger partial charge on any atom is 0.0714 e. The van der Waals surface area contributed by atoms with Gasteiger partial charge in [0.1, 0.15) is 0 Å². The fourth-order valence-electron chi connectivity index (χ4n) is 10.6. The molecular formula is C63H47NS. The van der Waals surface area contributed by atoms with Crippen molar-refractivity contribution in [1.29, 1.82) is 0 Å². The smallest absolute Gasteiger partial charge is 0.0714 e. The first-order valence-corrected chi connectivity index (χ1v) is 23.5. The van der Waals surface area contributed by atoms with E-state index in [4.69, 9.17) is 0 Å². The number of thiophene rings is 1. The molecule has 310 valence electrons. The van der Waals surface area contributed by atoms with Gasteiger partial charge in [-0.15, -0.1) is 11.3 Å². The van der Waals surface area contributed by atoms with Gasteiger partial charge in [0.15, 0.2) is 0 Å². The summed E-state index contributed by atoms with van der Waals surface area (Å²) in [5.74, 6) is 0. The van der Waals surface area contributed by atoms with E-state index >= 15 is 0 Å². The van der Waals surface area contributed by atoms with Gasteiger partial charge in [0.05, 0.1) is 11.1 Å². The van der Waals surface area contributed by atoms with Crippen molar-refractivity contribution in [3.05, 3.63) is 258 Å². The van der Waals surface area contributed by atoms with Crippen molar-refractivity contribution in [2.75, 3.05) is 4.90 Å². The average molecular weight is 850 g/mol. The third-order valence-corrected chi connectivity index (χ3v) is 14.9. The normalized spacial score (nSPS) is 13.0. The number of hydrogen-bond donors (Lipinski definition) is 0. The molecule has 10 aromatic carbocycles. The Kier molecular flexibility index (Phi) is 9.22. The van der Waals surface area contributed by atoms with Crippen LogP contribution in [0.25, 0.3) is 64.3 Å². The summed E-state index contributed by atoms with van der Waals surface area (Å²) < 4.78 is 2.65. The van der Waals surface area contributed by atoms with Crippen molar-refractivity contribution in [3.63, 3.8) is 0 Å². The Morgan fingerprint density at radius 3 is 1.74 bits per heavy atom. The van der Waals surface area contributed by atoms with Gasteiger partial charge >= 0.3 is 0 Å². The number of fused-ring (bicyclic) bond motifs is 7. The summed E-state index contributed by atoms with van der Waals surface area (Å²) in [6, 6.07) is 86.0. The minimum atomic E-state index is -0.522. The number of benzene rings is 10. The topological polar surface area (TPSA) is 3.24 Å². The van der Waals surface area contributed by atoms with Crippen LogP contribution >= 0.6 is 11.3 Å². The highest BCUT2D eigenvalue weighted by Gasteiger charge is 2.46. The Labute approximate surface area is 385 Å². The predicted molar refractivity (Wildman–Crippen MR) is 278 cm³/mol. The van der Waals surface area contributed by atoms with Crippen molar-refractivity contribution in [2.24, 2.45) is 0 Å². The van der Waals surface area contributed by atoms with E-state index in [1.807, 2.05) is 11.3 Å². The van der Waals surface area contributed by atoms with Gasteiger partial charge in [0.2, 0.25) is 0 Å². The monoisotopic (exact) mass is 849 g/mol. The SMILES string of the molecule is CC(C)(C)c1ccc(N(c2ccc3c(c2)C(c2ccccc2)(c2ccccc2)c2ccccc2-3)c2ccc3ccccc3c2-c2ccc(-c3cccc4c3sc3ccccc34)cc2)cc1. The fourth-order valence-corrected chi connectivity index (χ4v) is 11.9. The van der Waals surface area contributed by atoms with E-state index in [2.05, 4.69) is 256 Å². The predicted octanol–water partition coefficient (Wildman–Crippen LogP) is 17.7. The van der Waals surface area contributed by atoms with Gasteiger partial charge in [-0.25, -0.2) is 0 Å². The van der Waals surface area contributed by atoms with Gasteiger partial charge in [0, 0.05) is 37.1 Å². The van der Waals surface area contributed by atoms with Crippen molar-refractivity contribution in [3.8, 4) is 33.4 Å². The number of anilines is 3. The van der Waals surface area contributed by atoms with Crippen LogP contribution in [0.1, 0.15) is 48.6 Å². The zero-order valence-corrected chi connectivity index (χ0v) is 37.6. The molecule has 1 nitrogen and oxygen atoms in total. The molecule has 0 radical (unpaired) electrons. The first kappa shape index (κ1) is 39.1. The molecule has 12 rings (SSSR count). The first-order valence-electron chi connectivity index (χ1n) is 22.7. The highest BCUT2D eigenvalue weighted by Crippen LogP contribution is 2.58. The lowest BCUT2D eigenvalue weighted by molar-refractivity contribution is 0.590. The molecule has 0 saturated carbocycles. The van der Waals surface area contributed by atoms with Crippen LogP contribution < -0.4 is 4.90 Å². The zero-order valence-electron chi connectivity index (χ0n) is 36.8. The Morgan fingerprint density at radius 1 is 0.415 bits per heavy atom. The summed E-state index contributed by atoms with van der Waals surface area (Å²) >= 11 is 1.88. The van der Waals surface area contributed by atoms with Crippen LogP contribution in [0, 0.1) is 0 Å². The first-order chi connectivity index (χ1) is 31.9. The molecule has 1 aromatic heterocycles. The molecule has 0 unspecified atom stereocenters. The van der Waals surface area contributed by atoms with Crippen LogP contribution in [-0.4, -0.2) is 0 Å². The molecule has 11 aromatic rings. The molecule has 0 aliphatic heterocycles. The van der Waals surface area contributed by atoms with Crippen LogP contribution in [0.2, 0.25) is 0 Å². The second kappa shape index (κ2) is 15.3. The average Bonchev–Trinajstić information content (AvgIpc) is 3.88. The van der Waals surface area contributed by atoms with Crippen LogP contribution in [0.15, 0.2) is 231 Å². The minimum Gasteiger partial charge on any atom is -0.310 e. The summed E-state index contributed by atoms with van der Waals surface area (Å²) in [6.45, 7) is 6.87. The van der Waals surface area contributed by atoms with E-state index in [1.54, 1.807) is 0 Å². The number of hydrogen-bond acceptors (Lipinski definition) is 2. The van der Waals surface area contributed by atoms with Crippen LogP contribution in [0.3, 0.4) is 0 Å². The molecule has 0 saturated heterocycles. The van der Waals surface area contributed by atoms with Gasteiger partial charge in [-0.3, -0.25) is 0 Å². The molecule has 1 heterocycles. The van der Waals surface area contributed by atoms with Gasteiger partial charge < -0.3 is 4.90 Å². The molecule has 1 aliphatic rings. The molecule has 0 bridgehead atoms. The van der Waals surface area contributed by atoms with E-state index in [-0.39, 0.29) is 5.41 Å². The van der Waals surface area contributed by atoms with Gasteiger partial charge in [-0.05, 0) is 108 Å². The second-order valence-electron chi connectivity index (χ2n) is 18.4. The van der Waals surface area contributed by atoms with Crippen molar-refractivity contribution < 1.29 is 0 Å². The Bertz CT molecular complexity index is 3520. The maximum atomic E-state index is 2.50. The quantitative estimate of drug-likeness (QED) is 0.154. The highest BCUT2D eigenvalue weighted by atomic mass is 32.1. The lowest BCUT2D eigenvalue weighted by Gasteiger charge is -2.35. The molecule has 0 spiro atoms. The molecule has 0 N–H and O–H groups in total. The Morgan fingerprint density at radius 2 is 1.00 bits per heavy atom. The maximum absolute atomic E-state index is 2.50. The van der Waals surface area contributed by atoms with Crippen molar-refractivity contribution in [2.45, 2.75) is 31.6 Å². The Balaban J connectivity index is 1.09. The molecule has 0 atom stereocenters. The van der Waals surface area contributed by atoms with E-state index in [0.717, 1.165) is 17.1 Å². The van der Waals surface area contributed by atoms with Gasteiger partial charge in [-0.2, -0.15) is 0 Å². The second-order valence-corrected chi connectivity index (χ2v) is 19.5. The molecule has 2 heteroatoms. The lowest BCUT2D eigenvalue weighted by Crippen LogP contribution is -2.28. The summed E-state index contributed by atoms with van der Waals surface area (Å²) in [5.41, 5.74) is 16.7. The van der Waals surface area contributed by atoms with E-state index in [9.17, 15) is 0 Å². The number of nitrogens with zero attached hydrogens (tertiary/aromatic N) is 1. The summed E-state index contributed by atoms with van der Waals surface area (Å²) in [5, 5.41) is 5.07. The largest absolute Gasteiger partial charge is 0.310 e. The summed E-state index contributed by atoms with van der Waals surface area (Å²) in [4.78, 5) is 2.50. The highest BCUT2D eigenvalue weighted by molar-refractivity contribution is 7.26. The number of rotatable bonds is 7. The molecular weight excluding hydrogens is 803 g/mol. The van der Waals surface area contributed by atoms with Crippen LogP contribution in [0.5, 0.6) is 0 Å². The van der Waals surface area contributed by atoms with Gasteiger partial charge in [-0.1, -0.05) is 215 Å². The molecule has 0 fully saturated rings.